The van der Waals surface area contributed by atoms with E-state index >= 15 is 0 Å². The van der Waals surface area contributed by atoms with E-state index in [1.54, 1.807) is 66.9 Å². The molecular formula is C31H66F6O7S3. The number of ether oxygens (including phenoxy) is 3. The van der Waals surface area contributed by atoms with Crippen LogP contribution in [0, 0.1) is 10.8 Å². The zero-order valence-corrected chi connectivity index (χ0v) is 34.8. The quantitative estimate of drug-likeness (QED) is 0.242. The van der Waals surface area contributed by atoms with Crippen LogP contribution in [0.2, 0.25) is 0 Å². The van der Waals surface area contributed by atoms with Crippen LogP contribution in [0.1, 0.15) is 55.4 Å². The fourth-order valence-electron chi connectivity index (χ4n) is 0.546. The lowest BCUT2D eigenvalue weighted by Gasteiger charge is -2.29. The highest BCUT2D eigenvalue weighted by atomic mass is 32.2. The molecule has 1 aromatic carbocycles. The smallest absolute Gasteiger partial charge is 0.388 e. The molecule has 0 aliphatic heterocycles. The normalized spacial score (nSPS) is 9.94. The molecule has 0 unspecified atom stereocenters. The molecule has 0 amide bonds. The molecule has 16 heteroatoms. The number of thioether (sulfide) groups is 1. The van der Waals surface area contributed by atoms with Crippen LogP contribution in [0.15, 0.2) is 36.4 Å². The fraction of sp³-hybridized carbons (Fsp3) is 0.774. The molecule has 0 aliphatic carbocycles. The van der Waals surface area contributed by atoms with Gasteiger partial charge in [-0.05, 0) is 45.6 Å². The van der Waals surface area contributed by atoms with Gasteiger partial charge in [0.1, 0.15) is 15.6 Å². The summed E-state index contributed by atoms with van der Waals surface area (Å²) in [7, 11) is 6.47. The third-order valence-corrected chi connectivity index (χ3v) is 2.08. The largest absolute Gasteiger partial charge is 0.402 e. The zero-order chi connectivity index (χ0) is 40.7. The van der Waals surface area contributed by atoms with E-state index < -0.39 is 38.4 Å². The molecule has 0 saturated heterocycles. The number of sulfone groups is 1. The number of hydrogen-bond donors (Lipinski definition) is 0. The maximum Gasteiger partial charge on any atom is 0.402 e. The maximum atomic E-state index is 11.6. The highest BCUT2D eigenvalue weighted by molar-refractivity contribution is 7.97. The van der Waals surface area contributed by atoms with Crippen molar-refractivity contribution in [2.75, 3.05) is 80.2 Å². The summed E-state index contributed by atoms with van der Waals surface area (Å²) in [6.45, 7) is 12.0. The van der Waals surface area contributed by atoms with E-state index in [0.717, 1.165) is 12.5 Å². The number of ketones is 1. The van der Waals surface area contributed by atoms with Crippen molar-refractivity contribution in [2.24, 2.45) is 10.8 Å². The van der Waals surface area contributed by atoms with Crippen LogP contribution in [0.3, 0.4) is 0 Å². The van der Waals surface area contributed by atoms with Gasteiger partial charge in [-0.1, -0.05) is 64.1 Å². The number of alkyl halides is 6. The van der Waals surface area contributed by atoms with Gasteiger partial charge in [0.15, 0.2) is 5.41 Å². The molecule has 292 valence electrons. The average Bonchev–Trinajstić information content (AvgIpc) is 2.78. The number of benzene rings is 1. The molecule has 0 N–H and O–H groups in total. The highest BCUT2D eigenvalue weighted by Crippen LogP contribution is 2.49. The van der Waals surface area contributed by atoms with Crippen molar-refractivity contribution in [1.82, 2.24) is 0 Å². The van der Waals surface area contributed by atoms with E-state index in [2.05, 4.69) is 41.9 Å². The van der Waals surface area contributed by atoms with Gasteiger partial charge in [0, 0.05) is 78.5 Å². The van der Waals surface area contributed by atoms with Crippen molar-refractivity contribution in [3.8, 4) is 0 Å². The Bertz CT molecular complexity index is 759. The van der Waals surface area contributed by atoms with Gasteiger partial charge in [-0.15, -0.1) is 0 Å². The molecule has 0 aromatic heterocycles. The number of carbonyl (C=O) groups excluding carboxylic acids is 1. The third-order valence-electron chi connectivity index (χ3n) is 2.08. The van der Waals surface area contributed by atoms with E-state index in [0.29, 0.717) is 5.41 Å². The van der Waals surface area contributed by atoms with Crippen LogP contribution in [-0.4, -0.2) is 111 Å². The molecule has 0 heterocycles. The molecule has 0 radical (unpaired) electrons. The lowest BCUT2D eigenvalue weighted by Crippen LogP contribution is -2.44. The first-order chi connectivity index (χ1) is 20.6. The monoisotopic (exact) mass is 760 g/mol. The maximum absolute atomic E-state index is 11.6. The van der Waals surface area contributed by atoms with Gasteiger partial charge in [-0.3, -0.25) is 4.21 Å². The lowest BCUT2D eigenvalue weighted by molar-refractivity contribution is -0.327. The molecule has 47 heavy (non-hydrogen) atoms. The van der Waals surface area contributed by atoms with Gasteiger partial charge in [-0.2, -0.15) is 38.1 Å². The number of Topliss-reactive ketones (excluding diaryl/α,β-unsaturated/α-hetero) is 1. The Labute approximate surface area is 290 Å². The average molecular weight is 761 g/mol. The van der Waals surface area contributed by atoms with Crippen molar-refractivity contribution in [1.29, 1.82) is 0 Å². The predicted octanol–water partition coefficient (Wildman–Crippen LogP) is 8.89. The van der Waals surface area contributed by atoms with Crippen molar-refractivity contribution in [3.63, 3.8) is 0 Å². The van der Waals surface area contributed by atoms with Gasteiger partial charge in [0.25, 0.3) is 0 Å². The summed E-state index contributed by atoms with van der Waals surface area (Å²) in [5, 5.41) is 0. The van der Waals surface area contributed by atoms with Crippen LogP contribution in [0.5, 0.6) is 0 Å². The Morgan fingerprint density at radius 3 is 0.702 bits per heavy atom. The predicted molar refractivity (Wildman–Crippen MR) is 193 cm³/mol. The summed E-state index contributed by atoms with van der Waals surface area (Å²) in [5.74, 6) is 0.167. The molecule has 0 atom stereocenters. The summed E-state index contributed by atoms with van der Waals surface area (Å²) in [4.78, 5) is 9.44. The molecule has 0 bridgehead atoms. The van der Waals surface area contributed by atoms with E-state index in [1.807, 2.05) is 48.9 Å². The fourth-order valence-corrected chi connectivity index (χ4v) is 0.546. The van der Waals surface area contributed by atoms with E-state index in [4.69, 9.17) is 0 Å². The standard InChI is InChI=1S/C6H6.C5H6F6.C5H12.C3H6O.C2H6O2S.C2H6OS.3C2H6O.C2H6S/c1-2-4-6-5-3-1;1-3(2,4(6,7)8)5(9,10)11;1-5(2,3)4;1-3(2)4;1-5(2,3)4;1-4(2)3;4*1-3-2/h1-6H;1-2H3;1-4H3;1-2H3;1-2H3;1-2H3;4*1-2H3. The zero-order valence-electron chi connectivity index (χ0n) is 32.3. The lowest BCUT2D eigenvalue weighted by atomic mass is 9.92. The first kappa shape index (κ1) is 67.9. The second-order valence-electron chi connectivity index (χ2n) is 11.2. The van der Waals surface area contributed by atoms with Crippen LogP contribution >= 0.6 is 11.8 Å². The van der Waals surface area contributed by atoms with Gasteiger partial charge >= 0.3 is 12.4 Å². The summed E-state index contributed by atoms with van der Waals surface area (Å²) < 4.78 is 111. The Hall–Kier alpha value is -1.20. The number of carbonyl (C=O) groups is 1. The number of hydrogen-bond acceptors (Lipinski definition) is 8. The molecule has 1 rings (SSSR count). The summed E-state index contributed by atoms with van der Waals surface area (Å²) in [5.41, 5.74) is -3.12. The summed E-state index contributed by atoms with van der Waals surface area (Å²) in [6.07, 6.45) is -0.809. The van der Waals surface area contributed by atoms with Crippen LogP contribution in [-0.2, 0) is 39.6 Å². The van der Waals surface area contributed by atoms with Gasteiger partial charge in [0.05, 0.1) is 0 Å². The SMILES string of the molecule is CC(C)(C(F)(F)F)C(F)(F)F.CC(C)(C)C.CC(C)=O.COC.COC.COC.CS(C)(=O)=O.CS(C)=O.CSC.c1ccccc1. The van der Waals surface area contributed by atoms with Gasteiger partial charge in [0.2, 0.25) is 0 Å². The van der Waals surface area contributed by atoms with Crippen molar-refractivity contribution >= 4 is 38.2 Å². The van der Waals surface area contributed by atoms with E-state index in [1.165, 1.54) is 13.8 Å². The van der Waals surface area contributed by atoms with E-state index in [-0.39, 0.29) is 19.6 Å². The molecule has 0 spiro atoms. The molecule has 1 aromatic rings. The number of halogens is 6. The second-order valence-corrected chi connectivity index (χ2v) is 15.8. The number of rotatable bonds is 0. The Morgan fingerprint density at radius 2 is 0.681 bits per heavy atom. The van der Waals surface area contributed by atoms with Crippen LogP contribution in [0.4, 0.5) is 26.3 Å². The topological polar surface area (TPSA) is 96.0 Å². The summed E-state index contributed by atoms with van der Waals surface area (Å²) in [6, 6.07) is 12.0. The summed E-state index contributed by atoms with van der Waals surface area (Å²) >= 11 is 1.75. The Kier molecular flexibility index (Phi) is 61.8. The molecule has 0 saturated carbocycles. The minimum atomic E-state index is -5.24. The minimum Gasteiger partial charge on any atom is -0.388 e. The van der Waals surface area contributed by atoms with Gasteiger partial charge < -0.3 is 19.0 Å². The van der Waals surface area contributed by atoms with E-state index in [9.17, 15) is 43.8 Å². The second kappa shape index (κ2) is 42.8. The van der Waals surface area contributed by atoms with Gasteiger partial charge in [-0.25, -0.2) is 8.42 Å². The number of methoxy groups -OCH3 is 3. The van der Waals surface area contributed by atoms with Crippen molar-refractivity contribution in [3.05, 3.63) is 36.4 Å². The van der Waals surface area contributed by atoms with Crippen LogP contribution < -0.4 is 0 Å². The van der Waals surface area contributed by atoms with Crippen LogP contribution in [0.25, 0.3) is 0 Å². The molecule has 0 aliphatic rings. The first-order valence-corrected chi connectivity index (χ1v) is 19.1. The minimum absolute atomic E-state index is 0.104. The first-order valence-electron chi connectivity index (χ1n) is 13.2. The highest BCUT2D eigenvalue weighted by Gasteiger charge is 2.64. The van der Waals surface area contributed by atoms with Crippen molar-refractivity contribution in [2.45, 2.75) is 67.7 Å². The molecule has 0 fully saturated rings. The third kappa shape index (κ3) is 158. The molecular weight excluding hydrogens is 695 g/mol. The Balaban J connectivity index is -0.0000000508. The molecule has 7 nitrogen and oxygen atoms in total. The van der Waals surface area contributed by atoms with Crippen molar-refractivity contribution < 1.29 is 58.0 Å². The Morgan fingerprint density at radius 1 is 0.617 bits per heavy atom.